The minimum absolute atomic E-state index is 0.260. The first kappa shape index (κ1) is 13.3. The minimum Gasteiger partial charge on any atom is -0.338 e. The molecule has 0 unspecified atom stereocenters. The highest BCUT2D eigenvalue weighted by molar-refractivity contribution is 6.30. The molecule has 1 aromatic rings. The fourth-order valence-electron chi connectivity index (χ4n) is 1.27. The molecule has 0 atom stereocenters. The van der Waals surface area contributed by atoms with E-state index >= 15 is 0 Å². The molecule has 0 saturated heterocycles. The molecule has 0 saturated carbocycles. The third kappa shape index (κ3) is 5.79. The van der Waals surface area contributed by atoms with Gasteiger partial charge in [0.1, 0.15) is 0 Å². The Morgan fingerprint density at radius 2 is 2.24 bits per heavy atom. The summed E-state index contributed by atoms with van der Waals surface area (Å²) in [4.78, 5) is 11.4. The molecule has 0 aliphatic rings. The summed E-state index contributed by atoms with van der Waals surface area (Å²) in [7, 11) is 0. The Morgan fingerprint density at radius 3 is 2.94 bits per heavy atom. The van der Waals surface area contributed by atoms with Crippen LogP contribution in [0, 0.1) is 11.3 Å². The lowest BCUT2D eigenvalue weighted by Gasteiger charge is -2.07. The molecule has 90 valence electrons. The van der Waals surface area contributed by atoms with Gasteiger partial charge >= 0.3 is 6.03 Å². The highest BCUT2D eigenvalue weighted by Gasteiger charge is 2.00. The molecule has 0 aromatic heterocycles. The number of unbranched alkanes of at least 4 members (excludes halogenated alkanes) is 2. The number of amides is 2. The van der Waals surface area contributed by atoms with Gasteiger partial charge in [0, 0.05) is 23.7 Å². The number of nitrogens with zero attached hydrogens (tertiary/aromatic N) is 1. The van der Waals surface area contributed by atoms with Crippen molar-refractivity contribution in [3.8, 4) is 6.07 Å². The van der Waals surface area contributed by atoms with Crippen molar-refractivity contribution in [2.75, 3.05) is 11.9 Å². The van der Waals surface area contributed by atoms with Gasteiger partial charge in [-0.2, -0.15) is 5.26 Å². The summed E-state index contributed by atoms with van der Waals surface area (Å²) in [5, 5.41) is 14.3. The van der Waals surface area contributed by atoms with E-state index in [2.05, 4.69) is 16.7 Å². The molecule has 0 radical (unpaired) electrons. The maximum absolute atomic E-state index is 11.4. The number of hydrogen-bond donors (Lipinski definition) is 2. The van der Waals surface area contributed by atoms with Gasteiger partial charge in [0.05, 0.1) is 6.07 Å². The molecule has 5 heteroatoms. The average Bonchev–Trinajstić information content (AvgIpc) is 2.29. The standard InChI is InChI=1S/C12H14ClN3O/c13-10-5-4-6-11(9-10)16-12(17)15-8-3-1-2-7-14/h4-6,9H,1-3,8H2,(H2,15,16,17). The number of benzene rings is 1. The number of hydrogen-bond acceptors (Lipinski definition) is 2. The van der Waals surface area contributed by atoms with Crippen molar-refractivity contribution in [3.63, 3.8) is 0 Å². The number of halogens is 1. The Kier molecular flexibility index (Phi) is 5.91. The monoisotopic (exact) mass is 251 g/mol. The van der Waals surface area contributed by atoms with Crippen LogP contribution in [0.3, 0.4) is 0 Å². The number of nitrogens with one attached hydrogen (secondary N) is 2. The lowest BCUT2D eigenvalue weighted by molar-refractivity contribution is 0.252. The van der Waals surface area contributed by atoms with Crippen molar-refractivity contribution >= 4 is 23.3 Å². The van der Waals surface area contributed by atoms with Gasteiger partial charge in [0.2, 0.25) is 0 Å². The molecule has 0 heterocycles. The van der Waals surface area contributed by atoms with E-state index in [-0.39, 0.29) is 6.03 Å². The largest absolute Gasteiger partial charge is 0.338 e. The van der Waals surface area contributed by atoms with Crippen LogP contribution in [0.5, 0.6) is 0 Å². The summed E-state index contributed by atoms with van der Waals surface area (Å²) in [6.45, 7) is 0.564. The molecule has 4 nitrogen and oxygen atoms in total. The second-order valence-electron chi connectivity index (χ2n) is 3.51. The Balaban J connectivity index is 2.23. The normalized spacial score (nSPS) is 9.41. The van der Waals surface area contributed by atoms with Crippen LogP contribution in [-0.2, 0) is 0 Å². The van der Waals surface area contributed by atoms with Gasteiger partial charge in [-0.1, -0.05) is 17.7 Å². The first-order valence-corrected chi connectivity index (χ1v) is 5.77. The summed E-state index contributed by atoms with van der Waals surface area (Å²) in [6.07, 6.45) is 2.13. The molecule has 0 aliphatic carbocycles. The predicted octanol–water partition coefficient (Wildman–Crippen LogP) is 3.16. The number of anilines is 1. The maximum Gasteiger partial charge on any atom is 0.319 e. The molecule has 1 rings (SSSR count). The van der Waals surface area contributed by atoms with Gasteiger partial charge in [0.15, 0.2) is 0 Å². The molecule has 0 bridgehead atoms. The summed E-state index contributed by atoms with van der Waals surface area (Å²) >= 11 is 5.79. The quantitative estimate of drug-likeness (QED) is 0.790. The van der Waals surface area contributed by atoms with Gasteiger partial charge in [0.25, 0.3) is 0 Å². The van der Waals surface area contributed by atoms with Crippen LogP contribution in [0.25, 0.3) is 0 Å². The lowest BCUT2D eigenvalue weighted by atomic mass is 10.2. The smallest absolute Gasteiger partial charge is 0.319 e. The van der Waals surface area contributed by atoms with Crippen LogP contribution < -0.4 is 10.6 Å². The zero-order chi connectivity index (χ0) is 12.5. The molecule has 0 aliphatic heterocycles. The van der Waals surface area contributed by atoms with E-state index in [9.17, 15) is 4.79 Å². The second-order valence-corrected chi connectivity index (χ2v) is 3.94. The number of carbonyl (C=O) groups excluding carboxylic acids is 1. The molecule has 1 aromatic carbocycles. The minimum atomic E-state index is -0.260. The molecular formula is C12H14ClN3O. The van der Waals surface area contributed by atoms with E-state index in [0.29, 0.717) is 23.7 Å². The van der Waals surface area contributed by atoms with Crippen molar-refractivity contribution in [3.05, 3.63) is 29.3 Å². The molecule has 17 heavy (non-hydrogen) atoms. The molecule has 0 fully saturated rings. The van der Waals surface area contributed by atoms with E-state index in [0.717, 1.165) is 12.8 Å². The fraction of sp³-hybridized carbons (Fsp3) is 0.333. The third-order valence-corrected chi connectivity index (χ3v) is 2.32. The average molecular weight is 252 g/mol. The molecule has 0 spiro atoms. The highest BCUT2D eigenvalue weighted by Crippen LogP contribution is 2.14. The van der Waals surface area contributed by atoms with Gasteiger partial charge in [-0.3, -0.25) is 0 Å². The fourth-order valence-corrected chi connectivity index (χ4v) is 1.46. The Morgan fingerprint density at radius 1 is 1.41 bits per heavy atom. The van der Waals surface area contributed by atoms with E-state index in [1.165, 1.54) is 0 Å². The summed E-state index contributed by atoms with van der Waals surface area (Å²) in [5.41, 5.74) is 0.659. The van der Waals surface area contributed by atoms with Crippen LogP contribution in [0.15, 0.2) is 24.3 Å². The number of urea groups is 1. The van der Waals surface area contributed by atoms with E-state index in [1.54, 1.807) is 24.3 Å². The number of rotatable bonds is 5. The number of carbonyl (C=O) groups is 1. The zero-order valence-electron chi connectivity index (χ0n) is 9.37. The topological polar surface area (TPSA) is 64.9 Å². The van der Waals surface area contributed by atoms with Crippen molar-refractivity contribution in [1.29, 1.82) is 5.26 Å². The first-order valence-electron chi connectivity index (χ1n) is 5.40. The summed E-state index contributed by atoms with van der Waals surface area (Å²) < 4.78 is 0. The van der Waals surface area contributed by atoms with Gasteiger partial charge in [-0.15, -0.1) is 0 Å². The van der Waals surface area contributed by atoms with Crippen LogP contribution in [0.4, 0.5) is 10.5 Å². The predicted molar refractivity (Wildman–Crippen MR) is 67.9 cm³/mol. The Hall–Kier alpha value is -1.73. The first-order chi connectivity index (χ1) is 8.22. The van der Waals surface area contributed by atoms with E-state index < -0.39 is 0 Å². The van der Waals surface area contributed by atoms with Gasteiger partial charge < -0.3 is 10.6 Å². The lowest BCUT2D eigenvalue weighted by Crippen LogP contribution is -2.29. The molecular weight excluding hydrogens is 238 g/mol. The van der Waals surface area contributed by atoms with Crippen molar-refractivity contribution in [2.24, 2.45) is 0 Å². The summed E-state index contributed by atoms with van der Waals surface area (Å²) in [6, 6.07) is 8.75. The summed E-state index contributed by atoms with van der Waals surface area (Å²) in [5.74, 6) is 0. The van der Waals surface area contributed by atoms with Crippen molar-refractivity contribution in [1.82, 2.24) is 5.32 Å². The Labute approximate surface area is 106 Å². The molecule has 2 amide bonds. The highest BCUT2D eigenvalue weighted by atomic mass is 35.5. The Bertz CT molecular complexity index is 414. The van der Waals surface area contributed by atoms with Crippen molar-refractivity contribution < 1.29 is 4.79 Å². The van der Waals surface area contributed by atoms with Crippen LogP contribution >= 0.6 is 11.6 Å². The van der Waals surface area contributed by atoms with E-state index in [1.807, 2.05) is 0 Å². The second kappa shape index (κ2) is 7.53. The molecule has 2 N–H and O–H groups in total. The third-order valence-electron chi connectivity index (χ3n) is 2.08. The maximum atomic E-state index is 11.4. The van der Waals surface area contributed by atoms with Crippen LogP contribution in [-0.4, -0.2) is 12.6 Å². The number of nitriles is 1. The van der Waals surface area contributed by atoms with Crippen LogP contribution in [0.1, 0.15) is 19.3 Å². The van der Waals surface area contributed by atoms with Crippen molar-refractivity contribution in [2.45, 2.75) is 19.3 Å². The van der Waals surface area contributed by atoms with Gasteiger partial charge in [-0.05, 0) is 31.0 Å². The van der Waals surface area contributed by atoms with Crippen LogP contribution in [0.2, 0.25) is 5.02 Å². The zero-order valence-corrected chi connectivity index (χ0v) is 10.1. The van der Waals surface area contributed by atoms with E-state index in [4.69, 9.17) is 16.9 Å². The SMILES string of the molecule is N#CCCCCNC(=O)Nc1cccc(Cl)c1. The van der Waals surface area contributed by atoms with Gasteiger partial charge in [-0.25, -0.2) is 4.79 Å².